The van der Waals surface area contributed by atoms with Crippen molar-refractivity contribution < 1.29 is 60.0 Å². The van der Waals surface area contributed by atoms with E-state index in [4.69, 9.17) is 14.6 Å². The molecule has 0 spiro atoms. The van der Waals surface area contributed by atoms with E-state index in [2.05, 4.69) is 14.7 Å². The first kappa shape index (κ1) is 56.1. The van der Waals surface area contributed by atoms with Crippen molar-refractivity contribution in [2.24, 2.45) is 5.14 Å². The van der Waals surface area contributed by atoms with Crippen molar-refractivity contribution in [2.45, 2.75) is 117 Å². The second-order valence-electron chi connectivity index (χ2n) is 17.3. The molecule has 0 aliphatic carbocycles. The highest BCUT2D eigenvalue weighted by molar-refractivity contribution is 7.90. The fourth-order valence-corrected chi connectivity index (χ4v) is 8.20. The van der Waals surface area contributed by atoms with Gasteiger partial charge in [-0.25, -0.2) is 40.7 Å². The minimum atomic E-state index is -3.87. The van der Waals surface area contributed by atoms with E-state index in [1.165, 1.54) is 44.7 Å². The van der Waals surface area contributed by atoms with Crippen molar-refractivity contribution in [1.29, 1.82) is 0 Å². The number of rotatable bonds is 19. The van der Waals surface area contributed by atoms with Gasteiger partial charge in [-0.05, 0) is 146 Å². The molecular weight excluding hydrogens is 887 g/mol. The molecule has 2 heterocycles. The van der Waals surface area contributed by atoms with Crippen LogP contribution in [-0.2, 0) is 42.5 Å². The van der Waals surface area contributed by atoms with Gasteiger partial charge in [0.2, 0.25) is 37.7 Å². The van der Waals surface area contributed by atoms with E-state index in [1.54, 1.807) is 58.2 Å². The number of sulfonamides is 2. The Bertz CT molecular complexity index is 2450. The second kappa shape index (κ2) is 24.4. The van der Waals surface area contributed by atoms with Crippen molar-refractivity contribution in [2.75, 3.05) is 25.7 Å². The number of halogens is 2. The zero-order valence-electron chi connectivity index (χ0n) is 38.7. The molecule has 0 saturated carbocycles. The molecule has 2 aromatic heterocycles. The van der Waals surface area contributed by atoms with Crippen LogP contribution >= 0.6 is 0 Å². The Balaban J connectivity index is 0.000000378. The maximum Gasteiger partial charge on any atom is 0.307 e. The van der Waals surface area contributed by atoms with Gasteiger partial charge < -0.3 is 24.8 Å². The number of aliphatic carboxylic acids is 1. The number of carbonyl (C=O) groups excluding carboxylic acids is 1. The van der Waals surface area contributed by atoms with Crippen molar-refractivity contribution in [3.8, 4) is 34.0 Å². The number of ether oxygens (including phenoxy) is 2. The summed E-state index contributed by atoms with van der Waals surface area (Å²) in [6, 6.07) is 12.2. The average Bonchev–Trinajstić information content (AvgIpc) is 3.17. The number of nitrogens with zero attached hydrogens (tertiary/aromatic N) is 2. The Morgan fingerprint density at radius 2 is 1.11 bits per heavy atom. The number of amides is 1. The number of primary sulfonamides is 1. The predicted molar refractivity (Wildman–Crippen MR) is 247 cm³/mol. The molecule has 2 aromatic carbocycles. The molecule has 0 radical (unpaired) electrons. The van der Waals surface area contributed by atoms with Crippen LogP contribution in [0.5, 0.6) is 11.8 Å². The summed E-state index contributed by atoms with van der Waals surface area (Å²) in [4.78, 5) is 32.0. The summed E-state index contributed by atoms with van der Waals surface area (Å²) in [5.41, 5.74) is 3.02. The Labute approximate surface area is 381 Å². The highest BCUT2D eigenvalue weighted by Crippen LogP contribution is 2.34. The Morgan fingerprint density at radius 1 is 0.708 bits per heavy atom. The molecule has 4 rings (SSSR count). The van der Waals surface area contributed by atoms with E-state index in [1.807, 2.05) is 27.7 Å². The van der Waals surface area contributed by atoms with Crippen LogP contribution in [0, 0.1) is 11.6 Å². The summed E-state index contributed by atoms with van der Waals surface area (Å²) in [6.07, 6.45) is 4.02. The normalized spacial score (nSPS) is 11.9. The first-order valence-electron chi connectivity index (χ1n) is 20.8. The lowest BCUT2D eigenvalue weighted by Crippen LogP contribution is -2.34. The van der Waals surface area contributed by atoms with Crippen molar-refractivity contribution in [1.82, 2.24) is 14.7 Å². The first-order valence-corrected chi connectivity index (χ1v) is 24.2. The number of benzene rings is 2. The fourth-order valence-electron chi connectivity index (χ4n) is 6.61. The van der Waals surface area contributed by atoms with E-state index in [9.17, 15) is 50.5 Å². The van der Waals surface area contributed by atoms with Gasteiger partial charge in [-0.15, -0.1) is 0 Å². The fraction of sp³-hybridized carbons (Fsp3) is 0.478. The third-order valence-electron chi connectivity index (χ3n) is 9.61. The van der Waals surface area contributed by atoms with Crippen LogP contribution in [-0.4, -0.2) is 90.9 Å². The quantitative estimate of drug-likeness (QED) is 0.0635. The monoisotopic (exact) mass is 950 g/mol. The highest BCUT2D eigenvalue weighted by atomic mass is 32.2. The van der Waals surface area contributed by atoms with Gasteiger partial charge in [-0.1, -0.05) is 27.7 Å². The van der Waals surface area contributed by atoms with Gasteiger partial charge in [0.25, 0.3) is 0 Å². The lowest BCUT2D eigenvalue weighted by molar-refractivity contribution is -0.136. The highest BCUT2D eigenvalue weighted by Gasteiger charge is 2.23. The largest absolute Gasteiger partial charge is 0.481 e. The first-order chi connectivity index (χ1) is 29.9. The molecule has 0 saturated heterocycles. The molecule has 0 aliphatic rings. The number of hydrogen-bond donors (Lipinski definition) is 5. The van der Waals surface area contributed by atoms with E-state index in [-0.39, 0.29) is 54.8 Å². The third kappa shape index (κ3) is 20.7. The summed E-state index contributed by atoms with van der Waals surface area (Å²) < 4.78 is 86.2. The van der Waals surface area contributed by atoms with Gasteiger partial charge in [0.05, 0.1) is 49.8 Å². The van der Waals surface area contributed by atoms with Gasteiger partial charge >= 0.3 is 5.97 Å². The maximum absolute atomic E-state index is 14.4. The van der Waals surface area contributed by atoms with Gasteiger partial charge in [-0.3, -0.25) is 14.3 Å². The summed E-state index contributed by atoms with van der Waals surface area (Å²) >= 11 is 0. The Hall–Kier alpha value is -5.08. The number of carboxylic acids is 1. The smallest absolute Gasteiger partial charge is 0.307 e. The number of hydrogen-bond acceptors (Lipinski definition) is 12. The van der Waals surface area contributed by atoms with Crippen LogP contribution in [0.1, 0.15) is 115 Å². The summed E-state index contributed by atoms with van der Waals surface area (Å²) in [7, 11) is -4.26. The van der Waals surface area contributed by atoms with E-state index < -0.39 is 48.9 Å². The molecule has 65 heavy (non-hydrogen) atoms. The lowest BCUT2D eigenvalue weighted by Gasteiger charge is -2.19. The Morgan fingerprint density at radius 3 is 1.46 bits per heavy atom. The summed E-state index contributed by atoms with van der Waals surface area (Å²) in [5.74, 6) is -2.18. The van der Waals surface area contributed by atoms with Gasteiger partial charge in [0.15, 0.2) is 0 Å². The number of carbonyl (C=O) groups is 2. The van der Waals surface area contributed by atoms with Crippen molar-refractivity contribution in [3.05, 3.63) is 94.8 Å². The molecule has 0 bridgehead atoms. The van der Waals surface area contributed by atoms with Crippen LogP contribution < -0.4 is 19.3 Å². The summed E-state index contributed by atoms with van der Waals surface area (Å²) in [5, 5.41) is 32.9. The van der Waals surface area contributed by atoms with Gasteiger partial charge in [-0.2, -0.15) is 0 Å². The van der Waals surface area contributed by atoms with E-state index >= 15 is 0 Å². The number of nitrogens with one attached hydrogen (secondary N) is 1. The topological polar surface area (TPSA) is 245 Å². The number of aliphatic hydroxyl groups is 2. The number of pyridine rings is 2. The minimum Gasteiger partial charge on any atom is -0.481 e. The summed E-state index contributed by atoms with van der Waals surface area (Å²) in [6.45, 7) is 14.0. The maximum atomic E-state index is 14.4. The average molecular weight is 951 g/mol. The molecule has 0 fully saturated rings. The van der Waals surface area contributed by atoms with Gasteiger partial charge in [0, 0.05) is 24.5 Å². The van der Waals surface area contributed by atoms with Crippen LogP contribution in [0.25, 0.3) is 22.3 Å². The predicted octanol–water partition coefficient (Wildman–Crippen LogP) is 7.03. The van der Waals surface area contributed by atoms with Crippen LogP contribution in [0.2, 0.25) is 0 Å². The van der Waals surface area contributed by atoms with Crippen molar-refractivity contribution in [3.63, 3.8) is 0 Å². The number of aromatic nitrogens is 2. The Kier molecular flexibility index (Phi) is 21.1. The minimum absolute atomic E-state index is 0.0209. The molecule has 0 aliphatic heterocycles. The SMILES string of the molecule is CC(C)(O)CCCS(N)(=O)=O.COc1cc(-c2cc(F)cc(C(C)C)c2CC(=O)NS(=O)(=O)CCCC(C)(C)O)ccn1.COc1cc(-c2cc(F)cc(C(C)C)c2CC(=O)O)ccn1. The zero-order valence-corrected chi connectivity index (χ0v) is 40.4. The molecule has 0 unspecified atom stereocenters. The zero-order chi connectivity index (χ0) is 49.5. The number of carboxylic acid groups (broad SMARTS) is 1. The molecule has 360 valence electrons. The second-order valence-corrected chi connectivity index (χ2v) is 20.9. The third-order valence-corrected chi connectivity index (χ3v) is 11.8. The molecule has 6 N–H and O–H groups in total. The van der Waals surface area contributed by atoms with E-state index in [0.29, 0.717) is 69.1 Å². The van der Waals surface area contributed by atoms with Crippen LogP contribution in [0.15, 0.2) is 60.9 Å². The standard InChI is InChI=1S/C23H31FN2O5S.C17H18FNO3.C6H15NO3S/c1-15(2)18-12-17(24)13-19(16-7-9-25-22(11-16)31-5)20(18)14-21(27)26-32(29,30)10-6-8-23(3,4)28;1-10(2)13-7-12(18)8-14(15(13)9-17(20)21)11-4-5-19-16(6-11)22-3;1-6(2,8)4-3-5-11(7,9)10/h7,9,11-13,15,28H,6,8,10,14H2,1-5H3,(H,26,27);4-8,10H,9H2,1-3H3,(H,20,21);8H,3-5H2,1-2H3,(H2,7,9,10). The van der Waals surface area contributed by atoms with Crippen molar-refractivity contribution >= 4 is 31.9 Å². The molecule has 4 aromatic rings. The molecule has 19 heteroatoms. The molecule has 0 atom stereocenters. The molecular formula is C46H64F2N4O11S2. The van der Waals surface area contributed by atoms with Crippen LogP contribution in [0.3, 0.4) is 0 Å². The number of methoxy groups -OCH3 is 2. The lowest BCUT2D eigenvalue weighted by atomic mass is 9.88. The van der Waals surface area contributed by atoms with Crippen LogP contribution in [0.4, 0.5) is 8.78 Å². The number of nitrogens with two attached hydrogens (primary N) is 1. The van der Waals surface area contributed by atoms with E-state index in [0.717, 1.165) is 0 Å². The molecule has 1 amide bonds. The molecule has 15 nitrogen and oxygen atoms in total. The van der Waals surface area contributed by atoms with Gasteiger partial charge in [0.1, 0.15) is 11.6 Å².